The number of ether oxygens (including phenoxy) is 3. The van der Waals surface area contributed by atoms with Crippen LogP contribution in [-0.4, -0.2) is 44.9 Å². The van der Waals surface area contributed by atoms with Crippen LogP contribution in [0.25, 0.3) is 0 Å². The van der Waals surface area contributed by atoms with Crippen molar-refractivity contribution in [1.82, 2.24) is 0 Å². The summed E-state index contributed by atoms with van der Waals surface area (Å²) in [5.41, 5.74) is 3.92. The van der Waals surface area contributed by atoms with Gasteiger partial charge in [0, 0.05) is 12.1 Å². The zero-order chi connectivity index (χ0) is 19.2. The van der Waals surface area contributed by atoms with E-state index in [1.165, 1.54) is 0 Å². The second-order valence-electron chi connectivity index (χ2n) is 7.73. The van der Waals surface area contributed by atoms with Crippen molar-refractivity contribution in [2.45, 2.75) is 19.4 Å². The fourth-order valence-corrected chi connectivity index (χ4v) is 3.97. The number of quaternary nitrogens is 1. The monoisotopic (exact) mass is 496 g/mol. The van der Waals surface area contributed by atoms with Crippen molar-refractivity contribution in [3.8, 4) is 17.2 Å². The summed E-state index contributed by atoms with van der Waals surface area (Å²) in [6, 6.07) is 9.42. The van der Waals surface area contributed by atoms with Crippen LogP contribution in [0.1, 0.15) is 22.7 Å². The molecule has 4 rings (SSSR count). The van der Waals surface area contributed by atoms with E-state index in [4.69, 9.17) is 14.2 Å². The van der Waals surface area contributed by atoms with Crippen molar-refractivity contribution < 1.29 is 47.5 Å². The molecule has 0 aromatic heterocycles. The first-order valence-corrected chi connectivity index (χ1v) is 9.10. The van der Waals surface area contributed by atoms with Crippen LogP contribution in [0.3, 0.4) is 0 Å². The fraction of sp³-hybridized carbons (Fsp3) is 0.381. The topological polar surface area (TPSA) is 56.8 Å². The van der Waals surface area contributed by atoms with Crippen molar-refractivity contribution in [1.29, 1.82) is 0 Å². The Bertz CT molecular complexity index is 896. The van der Waals surface area contributed by atoms with E-state index < -0.39 is 6.04 Å². The molecule has 2 heterocycles. The third-order valence-corrected chi connectivity index (χ3v) is 5.45. The molecule has 2 aromatic rings. The summed E-state index contributed by atoms with van der Waals surface area (Å²) >= 11 is 0. The first-order chi connectivity index (χ1) is 12.9. The first-order valence-electron chi connectivity index (χ1n) is 9.10. The molecule has 1 unspecified atom stereocenters. The smallest absolute Gasteiger partial charge is 0.287 e. The highest BCUT2D eigenvalue weighted by Crippen LogP contribution is 2.50. The minimum absolute atomic E-state index is 0. The third kappa shape index (κ3) is 3.53. The molecule has 1 amide bonds. The van der Waals surface area contributed by atoms with E-state index in [-0.39, 0.29) is 36.7 Å². The van der Waals surface area contributed by atoms with Crippen molar-refractivity contribution in [3.05, 3.63) is 47.0 Å². The van der Waals surface area contributed by atoms with Crippen LogP contribution in [0.4, 0.5) is 5.69 Å². The maximum atomic E-state index is 13.3. The van der Waals surface area contributed by atoms with Crippen LogP contribution in [0.5, 0.6) is 17.2 Å². The predicted octanol–water partition coefficient (Wildman–Crippen LogP) is 0.0486. The highest BCUT2D eigenvalue weighted by molar-refractivity contribution is 5.96. The lowest BCUT2D eigenvalue weighted by atomic mass is 9.88. The molecule has 1 N–H and O–H groups in total. The number of amides is 1. The van der Waals surface area contributed by atoms with Gasteiger partial charge in [-0.1, -0.05) is 17.7 Å². The van der Waals surface area contributed by atoms with Gasteiger partial charge in [0.15, 0.2) is 17.5 Å². The number of aryl methyl sites for hydroxylation is 1. The van der Waals surface area contributed by atoms with Crippen LogP contribution in [0, 0.1) is 6.92 Å². The van der Waals surface area contributed by atoms with Gasteiger partial charge in [-0.25, -0.2) is 0 Å². The molecule has 2 aliphatic heterocycles. The molecule has 2 aliphatic rings. The number of likely N-dealkylation sites (N-methyl/N-ethyl adjacent to an activating group) is 1. The maximum absolute atomic E-state index is 13.3. The van der Waals surface area contributed by atoms with E-state index in [1.54, 1.807) is 7.11 Å². The summed E-state index contributed by atoms with van der Waals surface area (Å²) in [7, 11) is 5.76. The molecule has 0 fully saturated rings. The number of rotatable bonds is 3. The second kappa shape index (κ2) is 7.79. The molecule has 0 bridgehead atoms. The van der Waals surface area contributed by atoms with Gasteiger partial charge in [0.05, 0.1) is 33.3 Å². The number of halogens is 1. The number of hydrogen-bond donors (Lipinski definition) is 1. The summed E-state index contributed by atoms with van der Waals surface area (Å²) < 4.78 is 17.4. The molecular formula is C21H25IN2O4. The summed E-state index contributed by atoms with van der Waals surface area (Å²) in [4.78, 5) is 13.3. The van der Waals surface area contributed by atoms with Crippen LogP contribution in [-0.2, 0) is 11.2 Å². The average molecular weight is 496 g/mol. The van der Waals surface area contributed by atoms with Gasteiger partial charge in [0.25, 0.3) is 5.91 Å². The quantitative estimate of drug-likeness (QED) is 0.482. The molecule has 0 aliphatic carbocycles. The molecule has 2 aromatic carbocycles. The van der Waals surface area contributed by atoms with Crippen molar-refractivity contribution in [3.63, 3.8) is 0 Å². The normalized spacial score (nSPS) is 18.6. The standard InChI is InChI=1S/C21H24N2O4.HI/c1-13-5-7-15(8-6-13)22-21(24)18-17-14(9-10-23(18,2)3)11-16-19(20(17)25-4)27-12-26-16;/h5-8,11,18H,9-10,12H2,1-4H3;1H. The van der Waals surface area contributed by atoms with Crippen LogP contribution >= 0.6 is 0 Å². The lowest BCUT2D eigenvalue weighted by Crippen LogP contribution is -3.00. The molecule has 0 radical (unpaired) electrons. The number of carbonyl (C=O) groups is 1. The van der Waals surface area contributed by atoms with Gasteiger partial charge in [-0.3, -0.25) is 4.79 Å². The summed E-state index contributed by atoms with van der Waals surface area (Å²) in [5.74, 6) is 1.83. The Balaban J connectivity index is 0.00000225. The van der Waals surface area contributed by atoms with Crippen LogP contribution < -0.4 is 43.5 Å². The molecule has 0 saturated heterocycles. The van der Waals surface area contributed by atoms with Gasteiger partial charge in [-0.15, -0.1) is 0 Å². The number of fused-ring (bicyclic) bond motifs is 2. The highest BCUT2D eigenvalue weighted by atomic mass is 127. The lowest BCUT2D eigenvalue weighted by molar-refractivity contribution is -0.913. The SMILES string of the molecule is COc1c2c(cc3c1C(C(=O)Nc1ccc(C)cc1)[N+](C)(C)CC3)OCO2.[I-]. The number of anilines is 1. The maximum Gasteiger partial charge on any atom is 0.287 e. The summed E-state index contributed by atoms with van der Waals surface area (Å²) in [6.07, 6.45) is 0.851. The van der Waals surface area contributed by atoms with Gasteiger partial charge >= 0.3 is 0 Å². The largest absolute Gasteiger partial charge is 1.00 e. The van der Waals surface area contributed by atoms with E-state index in [9.17, 15) is 4.79 Å². The van der Waals surface area contributed by atoms with Crippen LogP contribution in [0.2, 0.25) is 0 Å². The van der Waals surface area contributed by atoms with Gasteiger partial charge in [0.2, 0.25) is 12.5 Å². The Labute approximate surface area is 182 Å². The summed E-state index contributed by atoms with van der Waals surface area (Å²) in [5, 5.41) is 3.07. The number of nitrogens with zero attached hydrogens (tertiary/aromatic N) is 1. The van der Waals surface area contributed by atoms with Gasteiger partial charge < -0.3 is 48.0 Å². The molecular weight excluding hydrogens is 471 g/mol. The molecule has 6 nitrogen and oxygen atoms in total. The Morgan fingerprint density at radius 3 is 2.61 bits per heavy atom. The van der Waals surface area contributed by atoms with Gasteiger partial charge in [-0.05, 0) is 30.7 Å². The number of methoxy groups -OCH3 is 1. The Morgan fingerprint density at radius 1 is 1.21 bits per heavy atom. The average Bonchev–Trinajstić information content (AvgIpc) is 3.09. The summed E-state index contributed by atoms with van der Waals surface area (Å²) in [6.45, 7) is 3.05. The van der Waals surface area contributed by atoms with Crippen molar-refractivity contribution in [2.24, 2.45) is 0 Å². The van der Waals surface area contributed by atoms with Gasteiger partial charge in [-0.2, -0.15) is 0 Å². The Hall–Kier alpha value is -2.00. The third-order valence-electron chi connectivity index (χ3n) is 5.45. The minimum Gasteiger partial charge on any atom is -1.00 e. The Morgan fingerprint density at radius 2 is 1.93 bits per heavy atom. The van der Waals surface area contributed by atoms with Crippen molar-refractivity contribution in [2.75, 3.05) is 39.9 Å². The Kier molecular flexibility index (Phi) is 5.77. The van der Waals surface area contributed by atoms with Crippen molar-refractivity contribution >= 4 is 11.6 Å². The van der Waals surface area contributed by atoms with Gasteiger partial charge in [0.1, 0.15) is 0 Å². The molecule has 28 heavy (non-hydrogen) atoms. The molecule has 7 heteroatoms. The number of benzene rings is 2. The molecule has 0 spiro atoms. The van der Waals surface area contributed by atoms with E-state index in [0.717, 1.165) is 35.3 Å². The predicted molar refractivity (Wildman–Crippen MR) is 102 cm³/mol. The van der Waals surface area contributed by atoms with Crippen LogP contribution in [0.15, 0.2) is 30.3 Å². The molecule has 0 saturated carbocycles. The van der Waals surface area contributed by atoms with E-state index >= 15 is 0 Å². The zero-order valence-electron chi connectivity index (χ0n) is 16.5. The van der Waals surface area contributed by atoms with E-state index in [1.807, 2.05) is 37.3 Å². The number of carbonyl (C=O) groups excluding carboxylic acids is 1. The highest BCUT2D eigenvalue weighted by Gasteiger charge is 2.45. The molecule has 1 atom stereocenters. The van der Waals surface area contributed by atoms with E-state index in [2.05, 4.69) is 19.4 Å². The minimum atomic E-state index is -0.403. The zero-order valence-corrected chi connectivity index (χ0v) is 18.7. The first kappa shape index (κ1) is 20.7. The lowest BCUT2D eigenvalue weighted by Gasteiger charge is -2.42. The number of nitrogens with one attached hydrogen (secondary N) is 1. The second-order valence-corrected chi connectivity index (χ2v) is 7.73. The molecule has 150 valence electrons. The number of hydrogen-bond acceptors (Lipinski definition) is 4. The van der Waals surface area contributed by atoms with E-state index in [0.29, 0.717) is 21.7 Å². The fourth-order valence-electron chi connectivity index (χ4n) is 3.97.